The molecule has 1 aromatic carbocycles. The third-order valence-corrected chi connectivity index (χ3v) is 4.40. The van der Waals surface area contributed by atoms with Crippen molar-refractivity contribution in [2.24, 2.45) is 0 Å². The highest BCUT2D eigenvalue weighted by atomic mass is 32.1. The van der Waals surface area contributed by atoms with Gasteiger partial charge in [0.2, 0.25) is 0 Å². The summed E-state index contributed by atoms with van der Waals surface area (Å²) < 4.78 is 26.2. The molecule has 0 radical (unpaired) electrons. The lowest BCUT2D eigenvalue weighted by Gasteiger charge is -2.30. The third kappa shape index (κ3) is 3.22. The molecular weight excluding hydrogens is 278 g/mol. The first kappa shape index (κ1) is 13.6. The van der Waals surface area contributed by atoms with Crippen LogP contribution in [0.25, 0.3) is 11.3 Å². The maximum absolute atomic E-state index is 13.1. The number of halogens is 2. The summed E-state index contributed by atoms with van der Waals surface area (Å²) in [6.45, 7) is 1.58. The van der Waals surface area contributed by atoms with E-state index >= 15 is 0 Å². The Morgan fingerprint density at radius 3 is 2.55 bits per heavy atom. The van der Waals surface area contributed by atoms with Gasteiger partial charge >= 0.3 is 0 Å². The van der Waals surface area contributed by atoms with Crippen molar-refractivity contribution in [2.45, 2.75) is 25.3 Å². The van der Waals surface area contributed by atoms with E-state index in [2.05, 4.69) is 9.88 Å². The van der Waals surface area contributed by atoms with Crippen LogP contribution in [0.15, 0.2) is 35.7 Å². The van der Waals surface area contributed by atoms with Crippen LogP contribution >= 0.6 is 11.3 Å². The smallest absolute Gasteiger partial charge is 0.250 e. The molecule has 20 heavy (non-hydrogen) atoms. The topological polar surface area (TPSA) is 16.1 Å². The van der Waals surface area contributed by atoms with Crippen LogP contribution in [0.4, 0.5) is 8.78 Å². The second-order valence-corrected chi connectivity index (χ2v) is 6.07. The molecule has 3 rings (SSSR count). The van der Waals surface area contributed by atoms with Gasteiger partial charge in [0.05, 0.1) is 12.2 Å². The molecular formula is C15H16F2N2S. The largest absolute Gasteiger partial charge is 0.296 e. The Hall–Kier alpha value is -1.33. The molecule has 2 nitrogen and oxygen atoms in total. The van der Waals surface area contributed by atoms with Crippen molar-refractivity contribution in [3.05, 3.63) is 40.7 Å². The summed E-state index contributed by atoms with van der Waals surface area (Å²) >= 11 is 1.60. The number of rotatable bonds is 3. The molecule has 0 atom stereocenters. The fourth-order valence-corrected chi connectivity index (χ4v) is 3.20. The van der Waals surface area contributed by atoms with Crippen LogP contribution in [0.5, 0.6) is 0 Å². The van der Waals surface area contributed by atoms with Crippen molar-refractivity contribution < 1.29 is 8.78 Å². The van der Waals surface area contributed by atoms with Crippen LogP contribution < -0.4 is 0 Å². The van der Waals surface area contributed by atoms with E-state index in [1.54, 1.807) is 11.3 Å². The molecule has 1 aliphatic heterocycles. The molecule has 106 valence electrons. The van der Waals surface area contributed by atoms with Gasteiger partial charge in [-0.15, -0.1) is 11.3 Å². The molecule has 1 aliphatic rings. The Labute approximate surface area is 121 Å². The lowest BCUT2D eigenvalue weighted by atomic mass is 10.1. The van der Waals surface area contributed by atoms with E-state index in [4.69, 9.17) is 0 Å². The number of alkyl halides is 2. The second-order valence-electron chi connectivity index (χ2n) is 5.12. The summed E-state index contributed by atoms with van der Waals surface area (Å²) in [5, 5.41) is 3.03. The van der Waals surface area contributed by atoms with E-state index in [0.29, 0.717) is 19.6 Å². The molecule has 0 unspecified atom stereocenters. The Kier molecular flexibility index (Phi) is 3.81. The molecule has 0 aliphatic carbocycles. The monoisotopic (exact) mass is 294 g/mol. The van der Waals surface area contributed by atoms with Gasteiger partial charge in [-0.25, -0.2) is 13.8 Å². The van der Waals surface area contributed by atoms with Crippen molar-refractivity contribution >= 4 is 11.3 Å². The van der Waals surface area contributed by atoms with Gasteiger partial charge in [0.25, 0.3) is 5.92 Å². The van der Waals surface area contributed by atoms with Crippen LogP contribution in [0, 0.1) is 0 Å². The maximum atomic E-state index is 13.1. The summed E-state index contributed by atoms with van der Waals surface area (Å²) in [5.41, 5.74) is 2.06. The van der Waals surface area contributed by atoms with Gasteiger partial charge < -0.3 is 0 Å². The number of benzene rings is 1. The lowest BCUT2D eigenvalue weighted by molar-refractivity contribution is -0.0566. The minimum atomic E-state index is -2.48. The van der Waals surface area contributed by atoms with Gasteiger partial charge in [-0.1, -0.05) is 30.3 Å². The molecule has 2 heterocycles. The molecule has 2 aromatic rings. The Balaban J connectivity index is 1.64. The highest BCUT2D eigenvalue weighted by molar-refractivity contribution is 7.09. The SMILES string of the molecule is FC1(F)CCN(Cc2nc(-c3ccccc3)cs2)CC1. The third-order valence-electron chi connectivity index (χ3n) is 3.57. The average molecular weight is 294 g/mol. The number of hydrogen-bond donors (Lipinski definition) is 0. The number of piperidine rings is 1. The zero-order valence-corrected chi connectivity index (χ0v) is 11.9. The highest BCUT2D eigenvalue weighted by Crippen LogP contribution is 2.29. The van der Waals surface area contributed by atoms with Crippen molar-refractivity contribution in [2.75, 3.05) is 13.1 Å². The summed E-state index contributed by atoms with van der Waals surface area (Å²) in [6.07, 6.45) is -0.0756. The molecule has 5 heteroatoms. The number of thiazole rings is 1. The molecule has 1 aromatic heterocycles. The van der Waals surface area contributed by atoms with Gasteiger partial charge in [0.15, 0.2) is 0 Å². The predicted molar refractivity (Wildman–Crippen MR) is 77.0 cm³/mol. The standard InChI is InChI=1S/C15H16F2N2S/c16-15(17)6-8-19(9-7-15)10-14-18-13(11-20-14)12-4-2-1-3-5-12/h1-5,11H,6-10H2. The molecule has 0 spiro atoms. The Morgan fingerprint density at radius 1 is 1.15 bits per heavy atom. The highest BCUT2D eigenvalue weighted by Gasteiger charge is 2.33. The maximum Gasteiger partial charge on any atom is 0.250 e. The number of nitrogens with zero attached hydrogens (tertiary/aromatic N) is 2. The normalized spacial score (nSPS) is 19.1. The van der Waals surface area contributed by atoms with E-state index in [9.17, 15) is 8.78 Å². The first-order valence-corrected chi connectivity index (χ1v) is 7.60. The van der Waals surface area contributed by atoms with Crippen molar-refractivity contribution in [3.8, 4) is 11.3 Å². The Bertz CT molecular complexity index is 558. The predicted octanol–water partition coefficient (Wildman–Crippen LogP) is 4.04. The molecule has 0 bridgehead atoms. The van der Waals surface area contributed by atoms with Gasteiger partial charge in [0, 0.05) is 36.9 Å². The zero-order valence-electron chi connectivity index (χ0n) is 11.1. The molecule has 1 saturated heterocycles. The minimum absolute atomic E-state index is 0.0378. The number of aromatic nitrogens is 1. The lowest BCUT2D eigenvalue weighted by Crippen LogP contribution is -2.38. The fourth-order valence-electron chi connectivity index (χ4n) is 2.35. The summed E-state index contributed by atoms with van der Waals surface area (Å²) in [5.74, 6) is -2.48. The van der Waals surface area contributed by atoms with Gasteiger partial charge in [-0.3, -0.25) is 4.90 Å². The van der Waals surface area contributed by atoms with Crippen molar-refractivity contribution in [1.82, 2.24) is 9.88 Å². The molecule has 0 saturated carbocycles. The molecule has 0 N–H and O–H groups in total. The van der Waals surface area contributed by atoms with E-state index in [0.717, 1.165) is 16.3 Å². The van der Waals surface area contributed by atoms with Crippen LogP contribution in [-0.2, 0) is 6.54 Å². The van der Waals surface area contributed by atoms with E-state index in [1.165, 1.54) is 0 Å². The van der Waals surface area contributed by atoms with Crippen LogP contribution in [0.3, 0.4) is 0 Å². The average Bonchev–Trinajstić information content (AvgIpc) is 2.91. The zero-order chi connectivity index (χ0) is 14.0. The molecule has 1 fully saturated rings. The minimum Gasteiger partial charge on any atom is -0.296 e. The molecule has 0 amide bonds. The Morgan fingerprint density at radius 2 is 1.85 bits per heavy atom. The van der Waals surface area contributed by atoms with Crippen molar-refractivity contribution in [3.63, 3.8) is 0 Å². The first-order chi connectivity index (χ1) is 9.62. The van der Waals surface area contributed by atoms with Gasteiger partial charge in [-0.05, 0) is 0 Å². The number of likely N-dealkylation sites (tertiary alicyclic amines) is 1. The van der Waals surface area contributed by atoms with Crippen LogP contribution in [-0.4, -0.2) is 28.9 Å². The summed E-state index contributed by atoms with van der Waals surface area (Å²) in [6, 6.07) is 10.0. The van der Waals surface area contributed by atoms with E-state index < -0.39 is 5.92 Å². The van der Waals surface area contributed by atoms with Crippen LogP contribution in [0.2, 0.25) is 0 Å². The second kappa shape index (κ2) is 5.58. The van der Waals surface area contributed by atoms with Crippen LogP contribution in [0.1, 0.15) is 17.8 Å². The van der Waals surface area contributed by atoms with Gasteiger partial charge in [-0.2, -0.15) is 0 Å². The van der Waals surface area contributed by atoms with E-state index in [-0.39, 0.29) is 12.8 Å². The van der Waals surface area contributed by atoms with E-state index in [1.807, 2.05) is 35.7 Å². The summed E-state index contributed by atoms with van der Waals surface area (Å²) in [7, 11) is 0. The van der Waals surface area contributed by atoms with Crippen molar-refractivity contribution in [1.29, 1.82) is 0 Å². The quantitative estimate of drug-likeness (QED) is 0.849. The fraction of sp³-hybridized carbons (Fsp3) is 0.400. The summed E-state index contributed by atoms with van der Waals surface area (Å²) in [4.78, 5) is 6.66. The first-order valence-electron chi connectivity index (χ1n) is 6.72. The van der Waals surface area contributed by atoms with Gasteiger partial charge in [0.1, 0.15) is 5.01 Å². The number of hydrogen-bond acceptors (Lipinski definition) is 3.